The van der Waals surface area contributed by atoms with E-state index < -0.39 is 29.1 Å². The van der Waals surface area contributed by atoms with Gasteiger partial charge in [-0.3, -0.25) is 9.59 Å². The molecule has 2 aliphatic rings. The van der Waals surface area contributed by atoms with Gasteiger partial charge < -0.3 is 9.47 Å². The van der Waals surface area contributed by atoms with Crippen LogP contribution in [-0.4, -0.2) is 17.7 Å². The summed E-state index contributed by atoms with van der Waals surface area (Å²) in [5.41, 5.74) is 1.36. The van der Waals surface area contributed by atoms with Gasteiger partial charge in [-0.15, -0.1) is 0 Å². The highest BCUT2D eigenvalue weighted by atomic mass is 16.7. The van der Waals surface area contributed by atoms with Crippen LogP contribution in [-0.2, 0) is 25.5 Å². The Bertz CT molecular complexity index is 637. The minimum absolute atomic E-state index is 0.300. The number of cyclic esters (lactones) is 2. The number of benzene rings is 1. The molecule has 0 amide bonds. The summed E-state index contributed by atoms with van der Waals surface area (Å²) in [6, 6.07) is 7.66. The van der Waals surface area contributed by atoms with E-state index in [1.54, 1.807) is 13.8 Å². The molecule has 4 nitrogen and oxygen atoms in total. The number of hydrogen-bond donors (Lipinski definition) is 0. The van der Waals surface area contributed by atoms with Gasteiger partial charge in [0.1, 0.15) is 0 Å². The monoisotopic (exact) mass is 286 g/mol. The average Bonchev–Trinajstić information content (AvgIpc) is 2.71. The maximum absolute atomic E-state index is 12.7. The molecule has 0 bridgehead atoms. The van der Waals surface area contributed by atoms with Crippen LogP contribution in [0.3, 0.4) is 0 Å². The molecule has 1 aromatic carbocycles. The zero-order chi connectivity index (χ0) is 15.4. The zero-order valence-electron chi connectivity index (χ0n) is 12.4. The molecule has 0 radical (unpaired) electrons. The predicted molar refractivity (Wildman–Crippen MR) is 76.4 cm³/mol. The Morgan fingerprint density at radius 2 is 1.76 bits per heavy atom. The van der Waals surface area contributed by atoms with Gasteiger partial charge in [-0.2, -0.15) is 0 Å². The summed E-state index contributed by atoms with van der Waals surface area (Å²) in [5.74, 6) is -2.65. The Labute approximate surface area is 123 Å². The van der Waals surface area contributed by atoms with E-state index in [1.165, 1.54) is 0 Å². The molecule has 21 heavy (non-hydrogen) atoms. The van der Waals surface area contributed by atoms with Gasteiger partial charge in [0, 0.05) is 26.2 Å². The maximum atomic E-state index is 12.7. The van der Waals surface area contributed by atoms with Crippen LogP contribution < -0.4 is 0 Å². The van der Waals surface area contributed by atoms with Crippen LogP contribution in [0, 0.1) is 5.41 Å². The van der Waals surface area contributed by atoms with E-state index >= 15 is 0 Å². The summed E-state index contributed by atoms with van der Waals surface area (Å²) in [6.07, 6.45) is 0.300. The van der Waals surface area contributed by atoms with Crippen molar-refractivity contribution in [2.75, 3.05) is 0 Å². The lowest BCUT2D eigenvalue weighted by molar-refractivity contribution is -0.251. The molecule has 1 aliphatic carbocycles. The number of allylic oxidation sites excluding steroid dienone is 1. The highest BCUT2D eigenvalue weighted by Crippen LogP contribution is 2.54. The lowest BCUT2D eigenvalue weighted by Crippen LogP contribution is -2.56. The molecule has 0 N–H and O–H groups in total. The van der Waals surface area contributed by atoms with Crippen molar-refractivity contribution >= 4 is 11.9 Å². The first kappa shape index (κ1) is 13.9. The molecule has 1 saturated heterocycles. The van der Waals surface area contributed by atoms with Crippen molar-refractivity contribution in [1.29, 1.82) is 0 Å². The molecule has 4 heteroatoms. The number of esters is 2. The summed E-state index contributed by atoms with van der Waals surface area (Å²) >= 11 is 0. The Hall–Kier alpha value is -2.10. The molecule has 0 aromatic heterocycles. The normalized spacial score (nSPS) is 25.2. The Morgan fingerprint density at radius 3 is 2.33 bits per heavy atom. The van der Waals surface area contributed by atoms with Gasteiger partial charge in [0.2, 0.25) is 0 Å². The number of ether oxygens (including phenoxy) is 2. The van der Waals surface area contributed by atoms with Gasteiger partial charge in [-0.1, -0.05) is 36.4 Å². The first-order valence-corrected chi connectivity index (χ1v) is 6.98. The molecule has 0 saturated carbocycles. The minimum atomic E-state index is -1.33. The highest BCUT2D eigenvalue weighted by Gasteiger charge is 2.64. The van der Waals surface area contributed by atoms with E-state index in [2.05, 4.69) is 6.58 Å². The smallest absolute Gasteiger partial charge is 0.328 e. The lowest BCUT2D eigenvalue weighted by atomic mass is 9.72. The number of fused-ring (bicyclic) bond motifs is 1. The molecule has 1 atom stereocenters. The third-order valence-corrected chi connectivity index (χ3v) is 4.23. The van der Waals surface area contributed by atoms with Crippen LogP contribution in [0.25, 0.3) is 0 Å². The van der Waals surface area contributed by atoms with Crippen molar-refractivity contribution in [3.8, 4) is 0 Å². The topological polar surface area (TPSA) is 52.6 Å². The van der Waals surface area contributed by atoms with Gasteiger partial charge in [-0.25, -0.2) is 0 Å². The Balaban J connectivity index is 2.16. The van der Waals surface area contributed by atoms with E-state index in [0.717, 1.165) is 16.7 Å². The third-order valence-electron chi connectivity index (χ3n) is 4.23. The van der Waals surface area contributed by atoms with Crippen LogP contribution in [0.15, 0.2) is 36.4 Å². The molecule has 110 valence electrons. The number of carbonyl (C=O) groups excluding carboxylic acids is 2. The zero-order valence-corrected chi connectivity index (χ0v) is 12.4. The summed E-state index contributed by atoms with van der Waals surface area (Å²) in [7, 11) is 0. The third kappa shape index (κ3) is 1.82. The van der Waals surface area contributed by atoms with E-state index in [9.17, 15) is 9.59 Å². The standard InChI is InChI=1S/C17H18O4/c1-10(2)13-12-8-6-5-7-11(12)9-17(13)14(18)20-16(3,4)21-15(17)19/h5-8,13H,1,9H2,2-4H3/t13-/m1/s1. The fraction of sp³-hybridized carbons (Fsp3) is 0.412. The molecule has 0 unspecified atom stereocenters. The molecule has 1 fully saturated rings. The molecule has 1 aliphatic heterocycles. The van der Waals surface area contributed by atoms with Crippen LogP contribution in [0.5, 0.6) is 0 Å². The van der Waals surface area contributed by atoms with Gasteiger partial charge in [0.05, 0.1) is 0 Å². The minimum Gasteiger partial charge on any atom is -0.422 e. The molecule has 1 heterocycles. The second-order valence-corrected chi connectivity index (χ2v) is 6.31. The van der Waals surface area contributed by atoms with Gasteiger partial charge >= 0.3 is 11.9 Å². The SMILES string of the molecule is C=C(C)[C@@H]1c2ccccc2CC12C(=O)OC(C)(C)OC2=O. The van der Waals surface area contributed by atoms with Crippen molar-refractivity contribution in [3.63, 3.8) is 0 Å². The first-order valence-electron chi connectivity index (χ1n) is 6.98. The first-order chi connectivity index (χ1) is 9.78. The van der Waals surface area contributed by atoms with Crippen LogP contribution in [0.4, 0.5) is 0 Å². The van der Waals surface area contributed by atoms with Gasteiger partial charge in [-0.05, 0) is 18.1 Å². The van der Waals surface area contributed by atoms with E-state index in [1.807, 2.05) is 31.2 Å². The summed E-state index contributed by atoms with van der Waals surface area (Å²) in [6.45, 7) is 8.93. The van der Waals surface area contributed by atoms with Crippen LogP contribution >= 0.6 is 0 Å². The lowest BCUT2D eigenvalue weighted by Gasteiger charge is -2.41. The van der Waals surface area contributed by atoms with Crippen molar-refractivity contribution in [1.82, 2.24) is 0 Å². The average molecular weight is 286 g/mol. The molecule has 1 aromatic rings. The fourth-order valence-electron chi connectivity index (χ4n) is 3.44. The van der Waals surface area contributed by atoms with Gasteiger partial charge in [0.15, 0.2) is 5.41 Å². The van der Waals surface area contributed by atoms with Crippen molar-refractivity contribution in [2.24, 2.45) is 5.41 Å². The summed E-state index contributed by atoms with van der Waals surface area (Å²) < 4.78 is 10.7. The van der Waals surface area contributed by atoms with Crippen LogP contribution in [0.2, 0.25) is 0 Å². The molecule has 1 spiro atoms. The maximum Gasteiger partial charge on any atom is 0.328 e. The predicted octanol–water partition coefficient (Wildman–Crippen LogP) is 2.72. The number of carbonyl (C=O) groups is 2. The Morgan fingerprint density at radius 1 is 1.19 bits per heavy atom. The van der Waals surface area contributed by atoms with Crippen molar-refractivity contribution in [2.45, 2.75) is 38.9 Å². The van der Waals surface area contributed by atoms with Crippen molar-refractivity contribution in [3.05, 3.63) is 47.5 Å². The second-order valence-electron chi connectivity index (χ2n) is 6.31. The number of rotatable bonds is 1. The molecular weight excluding hydrogens is 268 g/mol. The Kier molecular flexibility index (Phi) is 2.77. The van der Waals surface area contributed by atoms with Crippen molar-refractivity contribution < 1.29 is 19.1 Å². The summed E-state index contributed by atoms with van der Waals surface area (Å²) in [4.78, 5) is 25.3. The van der Waals surface area contributed by atoms with Crippen LogP contribution in [0.1, 0.15) is 37.8 Å². The number of hydrogen-bond acceptors (Lipinski definition) is 4. The van der Waals surface area contributed by atoms with E-state index in [4.69, 9.17) is 9.47 Å². The molecule has 3 rings (SSSR count). The van der Waals surface area contributed by atoms with Gasteiger partial charge in [0.25, 0.3) is 5.79 Å². The second kappa shape index (κ2) is 4.20. The quantitative estimate of drug-likeness (QED) is 0.452. The van der Waals surface area contributed by atoms with E-state index in [-0.39, 0.29) is 0 Å². The fourth-order valence-corrected chi connectivity index (χ4v) is 3.44. The van der Waals surface area contributed by atoms with E-state index in [0.29, 0.717) is 6.42 Å². The highest BCUT2D eigenvalue weighted by molar-refractivity contribution is 6.04. The molecular formula is C17H18O4. The largest absolute Gasteiger partial charge is 0.422 e. The summed E-state index contributed by atoms with van der Waals surface area (Å²) in [5, 5.41) is 0.